The van der Waals surface area contributed by atoms with E-state index in [0.717, 1.165) is 28.1 Å². The molecule has 0 bridgehead atoms. The summed E-state index contributed by atoms with van der Waals surface area (Å²) in [7, 11) is 0. The predicted octanol–water partition coefficient (Wildman–Crippen LogP) is 3.70. The van der Waals surface area contributed by atoms with Gasteiger partial charge in [-0.15, -0.1) is 0 Å². The van der Waals surface area contributed by atoms with Crippen molar-refractivity contribution >= 4 is 49.8 Å². The lowest BCUT2D eigenvalue weighted by Crippen LogP contribution is -2.26. The highest BCUT2D eigenvalue weighted by molar-refractivity contribution is 9.10. The molecule has 1 saturated carbocycles. The van der Waals surface area contributed by atoms with E-state index in [4.69, 9.17) is 5.73 Å². The number of thiazole rings is 1. The van der Waals surface area contributed by atoms with Crippen LogP contribution in [0.1, 0.15) is 28.9 Å². The zero-order chi connectivity index (χ0) is 14.8. The molecular formula is C14H15BrN4OS. The van der Waals surface area contributed by atoms with Gasteiger partial charge in [-0.3, -0.25) is 4.79 Å². The number of nitrogens with zero attached hydrogens (tertiary/aromatic N) is 1. The van der Waals surface area contributed by atoms with Crippen LogP contribution in [0.4, 0.5) is 16.6 Å². The Balaban J connectivity index is 1.70. The summed E-state index contributed by atoms with van der Waals surface area (Å²) < 4.78 is 0.963. The van der Waals surface area contributed by atoms with Gasteiger partial charge in [0.15, 0.2) is 5.13 Å². The Kier molecular flexibility index (Phi) is 4.12. The smallest absolute Gasteiger partial charge is 0.269 e. The molecule has 3 rings (SSSR count). The fourth-order valence-electron chi connectivity index (χ4n) is 2.00. The van der Waals surface area contributed by atoms with Crippen molar-refractivity contribution in [2.45, 2.75) is 25.3 Å². The third kappa shape index (κ3) is 3.36. The van der Waals surface area contributed by atoms with Gasteiger partial charge in [0, 0.05) is 16.2 Å². The van der Waals surface area contributed by atoms with Crippen molar-refractivity contribution in [2.24, 2.45) is 0 Å². The van der Waals surface area contributed by atoms with E-state index < -0.39 is 0 Å². The van der Waals surface area contributed by atoms with E-state index in [0.29, 0.717) is 10.9 Å². The Labute approximate surface area is 135 Å². The van der Waals surface area contributed by atoms with Gasteiger partial charge in [0.2, 0.25) is 0 Å². The summed E-state index contributed by atoms with van der Waals surface area (Å²) in [6.45, 7) is 0. The van der Waals surface area contributed by atoms with E-state index in [-0.39, 0.29) is 11.7 Å². The van der Waals surface area contributed by atoms with E-state index in [1.807, 2.05) is 24.3 Å². The van der Waals surface area contributed by atoms with Crippen LogP contribution < -0.4 is 16.4 Å². The van der Waals surface area contributed by atoms with Crippen LogP contribution in [0.3, 0.4) is 0 Å². The number of halogens is 1. The average molecular weight is 367 g/mol. The highest BCUT2D eigenvalue weighted by atomic mass is 79.9. The van der Waals surface area contributed by atoms with Gasteiger partial charge in [-0.05, 0) is 43.5 Å². The first-order valence-corrected chi connectivity index (χ1v) is 8.32. The number of anilines is 3. The monoisotopic (exact) mass is 366 g/mol. The Morgan fingerprint density at radius 2 is 2.05 bits per heavy atom. The second-order valence-electron chi connectivity index (χ2n) is 4.97. The van der Waals surface area contributed by atoms with Gasteiger partial charge >= 0.3 is 0 Å². The predicted molar refractivity (Wildman–Crippen MR) is 89.9 cm³/mol. The fourth-order valence-corrected chi connectivity index (χ4v) is 3.13. The first-order chi connectivity index (χ1) is 10.1. The molecule has 1 heterocycles. The molecule has 0 atom stereocenters. The summed E-state index contributed by atoms with van der Waals surface area (Å²) in [4.78, 5) is 16.9. The molecule has 1 aromatic carbocycles. The van der Waals surface area contributed by atoms with Crippen molar-refractivity contribution in [3.63, 3.8) is 0 Å². The van der Waals surface area contributed by atoms with Crippen LogP contribution in [0, 0.1) is 0 Å². The summed E-state index contributed by atoms with van der Waals surface area (Å²) >= 11 is 4.66. The summed E-state index contributed by atoms with van der Waals surface area (Å²) in [5, 5.41) is 6.85. The number of benzene rings is 1. The number of carbonyl (C=O) groups is 1. The van der Waals surface area contributed by atoms with Crippen molar-refractivity contribution in [3.05, 3.63) is 33.6 Å². The number of nitrogen functional groups attached to an aromatic ring is 1. The minimum absolute atomic E-state index is 0.228. The Morgan fingerprint density at radius 1 is 1.33 bits per heavy atom. The van der Waals surface area contributed by atoms with Crippen molar-refractivity contribution in [3.8, 4) is 0 Å². The van der Waals surface area contributed by atoms with Gasteiger partial charge in [0.1, 0.15) is 10.7 Å². The Hall–Kier alpha value is -1.60. The van der Waals surface area contributed by atoms with Crippen molar-refractivity contribution in [1.29, 1.82) is 0 Å². The van der Waals surface area contributed by atoms with Gasteiger partial charge < -0.3 is 16.4 Å². The summed E-state index contributed by atoms with van der Waals surface area (Å²) in [5.41, 5.74) is 6.57. The molecule has 0 aliphatic heterocycles. The van der Waals surface area contributed by atoms with Crippen LogP contribution in [0.15, 0.2) is 28.7 Å². The molecule has 1 fully saturated rings. The molecule has 21 heavy (non-hydrogen) atoms. The minimum atomic E-state index is -0.228. The molecule has 0 saturated heterocycles. The molecule has 0 unspecified atom stereocenters. The van der Waals surface area contributed by atoms with E-state index in [9.17, 15) is 4.79 Å². The highest BCUT2D eigenvalue weighted by Gasteiger charge is 2.21. The van der Waals surface area contributed by atoms with Crippen molar-refractivity contribution in [1.82, 2.24) is 4.98 Å². The molecule has 1 aromatic heterocycles. The number of rotatable bonds is 4. The van der Waals surface area contributed by atoms with Crippen LogP contribution in [0.5, 0.6) is 0 Å². The molecule has 4 N–H and O–H groups in total. The largest absolute Gasteiger partial charge is 0.382 e. The van der Waals surface area contributed by atoms with Crippen LogP contribution in [0.2, 0.25) is 0 Å². The van der Waals surface area contributed by atoms with Crippen LogP contribution >= 0.6 is 27.3 Å². The summed E-state index contributed by atoms with van der Waals surface area (Å²) in [5.74, 6) is 0.0467. The average Bonchev–Trinajstić information content (AvgIpc) is 2.78. The SMILES string of the molecule is Nc1nc(NC2CCC2)sc1C(=O)Nc1ccc(Br)cc1. The molecule has 7 heteroatoms. The zero-order valence-electron chi connectivity index (χ0n) is 11.2. The maximum Gasteiger partial charge on any atom is 0.269 e. The maximum atomic E-state index is 12.2. The second kappa shape index (κ2) is 6.03. The van der Waals surface area contributed by atoms with Gasteiger partial charge in [-0.25, -0.2) is 4.98 Å². The molecular weight excluding hydrogens is 352 g/mol. The third-order valence-electron chi connectivity index (χ3n) is 3.39. The lowest BCUT2D eigenvalue weighted by molar-refractivity contribution is 0.103. The zero-order valence-corrected chi connectivity index (χ0v) is 13.6. The van der Waals surface area contributed by atoms with Crippen molar-refractivity contribution < 1.29 is 4.79 Å². The van der Waals surface area contributed by atoms with Crippen LogP contribution in [-0.4, -0.2) is 16.9 Å². The number of hydrogen-bond acceptors (Lipinski definition) is 5. The van der Waals surface area contributed by atoms with Crippen LogP contribution in [0.25, 0.3) is 0 Å². The third-order valence-corrected chi connectivity index (χ3v) is 4.92. The van der Waals surface area contributed by atoms with E-state index >= 15 is 0 Å². The second-order valence-corrected chi connectivity index (χ2v) is 6.88. The lowest BCUT2D eigenvalue weighted by atomic mass is 9.93. The van der Waals surface area contributed by atoms with Crippen molar-refractivity contribution in [2.75, 3.05) is 16.4 Å². The van der Waals surface area contributed by atoms with E-state index in [1.165, 1.54) is 17.8 Å². The number of aromatic nitrogens is 1. The van der Waals surface area contributed by atoms with E-state index in [1.54, 1.807) is 0 Å². The number of nitrogens with one attached hydrogen (secondary N) is 2. The Bertz CT molecular complexity index is 651. The quantitative estimate of drug-likeness (QED) is 0.770. The molecule has 1 aliphatic carbocycles. The van der Waals surface area contributed by atoms with Crippen LogP contribution in [-0.2, 0) is 0 Å². The molecule has 1 aliphatic rings. The maximum absolute atomic E-state index is 12.2. The number of amides is 1. The number of carbonyl (C=O) groups excluding carboxylic acids is 1. The normalized spacial score (nSPS) is 14.5. The van der Waals surface area contributed by atoms with Gasteiger partial charge in [-0.2, -0.15) is 0 Å². The highest BCUT2D eigenvalue weighted by Crippen LogP contribution is 2.30. The fraction of sp³-hybridized carbons (Fsp3) is 0.286. The van der Waals surface area contributed by atoms with E-state index in [2.05, 4.69) is 31.5 Å². The number of hydrogen-bond donors (Lipinski definition) is 3. The van der Waals surface area contributed by atoms with Gasteiger partial charge in [0.05, 0.1) is 0 Å². The standard InChI is InChI=1S/C14H15BrN4OS/c15-8-4-6-10(7-5-8)17-13(20)11-12(16)19-14(21-11)18-9-2-1-3-9/h4-7,9H,1-3,16H2,(H,17,20)(H,18,19). The Morgan fingerprint density at radius 3 is 2.67 bits per heavy atom. The molecule has 5 nitrogen and oxygen atoms in total. The first kappa shape index (κ1) is 14.3. The minimum Gasteiger partial charge on any atom is -0.382 e. The first-order valence-electron chi connectivity index (χ1n) is 6.71. The number of nitrogens with two attached hydrogens (primary N) is 1. The summed E-state index contributed by atoms with van der Waals surface area (Å²) in [6, 6.07) is 7.86. The summed E-state index contributed by atoms with van der Waals surface area (Å²) in [6.07, 6.45) is 3.55. The molecule has 0 spiro atoms. The lowest BCUT2D eigenvalue weighted by Gasteiger charge is -2.25. The van der Waals surface area contributed by atoms with Gasteiger partial charge in [-0.1, -0.05) is 27.3 Å². The molecule has 110 valence electrons. The molecule has 0 radical (unpaired) electrons. The molecule has 1 amide bonds. The molecule has 2 aromatic rings. The van der Waals surface area contributed by atoms with Gasteiger partial charge in [0.25, 0.3) is 5.91 Å². The topological polar surface area (TPSA) is 80.0 Å².